The van der Waals surface area contributed by atoms with Crippen LogP contribution >= 0.6 is 22.9 Å². The zero-order chi connectivity index (χ0) is 11.7. The SMILES string of the molecule is CC(N)c1nnc(-c2cccc(Cl)c2F)s1. The molecule has 3 nitrogen and oxygen atoms in total. The summed E-state index contributed by atoms with van der Waals surface area (Å²) in [6.45, 7) is 1.80. The number of rotatable bonds is 2. The molecular formula is C10H9ClFN3S. The average molecular weight is 258 g/mol. The van der Waals surface area contributed by atoms with Crippen LogP contribution < -0.4 is 5.73 Å². The molecule has 0 bridgehead atoms. The van der Waals surface area contributed by atoms with E-state index in [9.17, 15) is 4.39 Å². The van der Waals surface area contributed by atoms with Gasteiger partial charge in [0.15, 0.2) is 10.8 Å². The van der Waals surface area contributed by atoms with E-state index in [0.717, 1.165) is 0 Å². The third-order valence-electron chi connectivity index (χ3n) is 2.01. The largest absolute Gasteiger partial charge is 0.322 e. The quantitative estimate of drug-likeness (QED) is 0.900. The van der Waals surface area contributed by atoms with Crippen molar-refractivity contribution in [3.8, 4) is 10.6 Å². The van der Waals surface area contributed by atoms with Crippen molar-refractivity contribution < 1.29 is 4.39 Å². The second kappa shape index (κ2) is 4.45. The Labute approximate surface area is 101 Å². The van der Waals surface area contributed by atoms with Crippen LogP contribution in [-0.4, -0.2) is 10.2 Å². The first-order chi connectivity index (χ1) is 7.59. The lowest BCUT2D eigenvalue weighted by molar-refractivity contribution is 0.631. The molecule has 2 N–H and O–H groups in total. The van der Waals surface area contributed by atoms with Crippen molar-refractivity contribution in [2.75, 3.05) is 0 Å². The molecule has 84 valence electrons. The lowest BCUT2D eigenvalue weighted by Gasteiger charge is -1.99. The summed E-state index contributed by atoms with van der Waals surface area (Å²) >= 11 is 6.96. The van der Waals surface area contributed by atoms with Crippen molar-refractivity contribution in [1.29, 1.82) is 0 Å². The van der Waals surface area contributed by atoms with Crippen LogP contribution in [0.3, 0.4) is 0 Å². The predicted octanol–water partition coefficient (Wildman–Crippen LogP) is 3.02. The monoisotopic (exact) mass is 257 g/mol. The highest BCUT2D eigenvalue weighted by atomic mass is 35.5. The minimum Gasteiger partial charge on any atom is -0.322 e. The molecule has 1 aromatic carbocycles. The van der Waals surface area contributed by atoms with E-state index in [1.165, 1.54) is 17.4 Å². The van der Waals surface area contributed by atoms with Crippen molar-refractivity contribution in [2.24, 2.45) is 5.73 Å². The summed E-state index contributed by atoms with van der Waals surface area (Å²) in [7, 11) is 0. The Balaban J connectivity index is 2.47. The molecule has 0 saturated carbocycles. The van der Waals surface area contributed by atoms with Gasteiger partial charge in [0, 0.05) is 5.56 Å². The number of nitrogens with two attached hydrogens (primary N) is 1. The molecule has 1 atom stereocenters. The van der Waals surface area contributed by atoms with Crippen LogP contribution in [0, 0.1) is 5.82 Å². The molecule has 0 aliphatic heterocycles. The van der Waals surface area contributed by atoms with Crippen LogP contribution in [0.5, 0.6) is 0 Å². The normalized spacial score (nSPS) is 12.8. The van der Waals surface area contributed by atoms with Gasteiger partial charge in [-0.15, -0.1) is 10.2 Å². The number of nitrogens with zero attached hydrogens (tertiary/aromatic N) is 2. The Bertz CT molecular complexity index is 513. The third kappa shape index (κ3) is 2.07. The van der Waals surface area contributed by atoms with Gasteiger partial charge in [-0.25, -0.2) is 4.39 Å². The second-order valence-corrected chi connectivity index (χ2v) is 4.75. The molecule has 1 unspecified atom stereocenters. The number of aromatic nitrogens is 2. The van der Waals surface area contributed by atoms with Crippen molar-refractivity contribution in [2.45, 2.75) is 13.0 Å². The Hall–Kier alpha value is -1.04. The summed E-state index contributed by atoms with van der Waals surface area (Å²) in [5.41, 5.74) is 6.02. The molecule has 0 radical (unpaired) electrons. The lowest BCUT2D eigenvalue weighted by Crippen LogP contribution is -2.03. The van der Waals surface area contributed by atoms with E-state index in [2.05, 4.69) is 10.2 Å². The van der Waals surface area contributed by atoms with Gasteiger partial charge in [-0.1, -0.05) is 29.0 Å². The summed E-state index contributed by atoms with van der Waals surface area (Å²) in [6.07, 6.45) is 0. The smallest absolute Gasteiger partial charge is 0.152 e. The Kier molecular flexibility index (Phi) is 3.18. The van der Waals surface area contributed by atoms with Gasteiger partial charge >= 0.3 is 0 Å². The maximum atomic E-state index is 13.7. The van der Waals surface area contributed by atoms with Crippen LogP contribution in [0.1, 0.15) is 18.0 Å². The Morgan fingerprint density at radius 1 is 1.44 bits per heavy atom. The zero-order valence-corrected chi connectivity index (χ0v) is 10.0. The molecular weight excluding hydrogens is 249 g/mol. The maximum Gasteiger partial charge on any atom is 0.152 e. The Morgan fingerprint density at radius 3 is 2.81 bits per heavy atom. The van der Waals surface area contributed by atoms with E-state index in [4.69, 9.17) is 17.3 Å². The lowest BCUT2D eigenvalue weighted by atomic mass is 10.2. The molecule has 16 heavy (non-hydrogen) atoms. The van der Waals surface area contributed by atoms with Gasteiger partial charge in [0.1, 0.15) is 5.01 Å². The van der Waals surface area contributed by atoms with Gasteiger partial charge < -0.3 is 5.73 Å². The fourth-order valence-electron chi connectivity index (χ4n) is 1.20. The van der Waals surface area contributed by atoms with E-state index in [-0.39, 0.29) is 11.1 Å². The highest BCUT2D eigenvalue weighted by molar-refractivity contribution is 7.14. The molecule has 6 heteroatoms. The van der Waals surface area contributed by atoms with Crippen molar-refractivity contribution >= 4 is 22.9 Å². The maximum absolute atomic E-state index is 13.7. The summed E-state index contributed by atoms with van der Waals surface area (Å²) in [4.78, 5) is 0. The van der Waals surface area contributed by atoms with Gasteiger partial charge in [-0.3, -0.25) is 0 Å². The summed E-state index contributed by atoms with van der Waals surface area (Å²) in [6, 6.07) is 4.59. The summed E-state index contributed by atoms with van der Waals surface area (Å²) in [5.74, 6) is -0.475. The molecule has 2 aromatic rings. The standard InChI is InChI=1S/C10H9ClFN3S/c1-5(13)9-14-15-10(16-9)6-3-2-4-7(11)8(6)12/h2-5H,13H2,1H3. The third-order valence-corrected chi connectivity index (χ3v) is 3.46. The van der Waals surface area contributed by atoms with E-state index in [1.54, 1.807) is 19.1 Å². The van der Waals surface area contributed by atoms with Gasteiger partial charge in [0.2, 0.25) is 0 Å². The van der Waals surface area contributed by atoms with Crippen LogP contribution in [-0.2, 0) is 0 Å². The van der Waals surface area contributed by atoms with Crippen LogP contribution in [0.2, 0.25) is 5.02 Å². The molecule has 0 fully saturated rings. The van der Waals surface area contributed by atoms with Crippen LogP contribution in [0.4, 0.5) is 4.39 Å². The first-order valence-electron chi connectivity index (χ1n) is 4.63. The minimum absolute atomic E-state index is 0.0787. The number of hydrogen-bond donors (Lipinski definition) is 1. The zero-order valence-electron chi connectivity index (χ0n) is 8.45. The van der Waals surface area contributed by atoms with Gasteiger partial charge in [-0.05, 0) is 19.1 Å². The van der Waals surface area contributed by atoms with Crippen LogP contribution in [0.25, 0.3) is 10.6 Å². The average Bonchev–Trinajstić information content (AvgIpc) is 2.71. The summed E-state index contributed by atoms with van der Waals surface area (Å²) < 4.78 is 13.7. The highest BCUT2D eigenvalue weighted by Crippen LogP contribution is 2.30. The number of halogens is 2. The minimum atomic E-state index is -0.475. The van der Waals surface area contributed by atoms with Crippen molar-refractivity contribution in [1.82, 2.24) is 10.2 Å². The topological polar surface area (TPSA) is 51.8 Å². The van der Waals surface area contributed by atoms with Crippen LogP contribution in [0.15, 0.2) is 18.2 Å². The molecule has 0 amide bonds. The molecule has 2 rings (SSSR count). The van der Waals surface area contributed by atoms with E-state index < -0.39 is 5.82 Å². The van der Waals surface area contributed by atoms with Gasteiger partial charge in [0.05, 0.1) is 11.1 Å². The predicted molar refractivity (Wildman–Crippen MR) is 62.9 cm³/mol. The van der Waals surface area contributed by atoms with E-state index in [1.807, 2.05) is 0 Å². The first-order valence-corrected chi connectivity index (χ1v) is 5.82. The molecule has 0 aliphatic carbocycles. The fourth-order valence-corrected chi connectivity index (χ4v) is 2.19. The van der Waals surface area contributed by atoms with Gasteiger partial charge in [0.25, 0.3) is 0 Å². The number of benzene rings is 1. The number of hydrogen-bond acceptors (Lipinski definition) is 4. The van der Waals surface area contributed by atoms with E-state index >= 15 is 0 Å². The summed E-state index contributed by atoms with van der Waals surface area (Å²) in [5, 5.41) is 9.04. The van der Waals surface area contributed by atoms with Crippen molar-refractivity contribution in [3.05, 3.63) is 34.0 Å². The van der Waals surface area contributed by atoms with E-state index in [0.29, 0.717) is 15.6 Å². The second-order valence-electron chi connectivity index (χ2n) is 3.34. The van der Waals surface area contributed by atoms with Gasteiger partial charge in [-0.2, -0.15) is 0 Å². The molecule has 1 heterocycles. The molecule has 0 saturated heterocycles. The Morgan fingerprint density at radius 2 is 2.19 bits per heavy atom. The molecule has 0 aliphatic rings. The highest BCUT2D eigenvalue weighted by Gasteiger charge is 2.14. The first kappa shape index (κ1) is 11.4. The van der Waals surface area contributed by atoms with Crippen molar-refractivity contribution in [3.63, 3.8) is 0 Å². The molecule has 1 aromatic heterocycles. The fraction of sp³-hybridized carbons (Fsp3) is 0.200. The molecule has 0 spiro atoms.